The van der Waals surface area contributed by atoms with Gasteiger partial charge in [-0.15, -0.1) is 58.0 Å². The molecule has 0 aliphatic rings. The maximum absolute atomic E-state index is 13.3. The third-order valence-electron chi connectivity index (χ3n) is 2.82. The molecule has 0 N–H and O–H groups in total. The minimum absolute atomic E-state index is 0.100. The Labute approximate surface area is 207 Å². The highest BCUT2D eigenvalue weighted by Gasteiger charge is 2.47. The van der Waals surface area contributed by atoms with Gasteiger partial charge in [-0.3, -0.25) is 22.6 Å². The smallest absolute Gasteiger partial charge is 0.285 e. The van der Waals surface area contributed by atoms with E-state index in [2.05, 4.69) is 0 Å². The fourth-order valence-electron chi connectivity index (χ4n) is 1.42. The molecule has 0 amide bonds. The quantitative estimate of drug-likeness (QED) is 0.109. The summed E-state index contributed by atoms with van der Waals surface area (Å²) in [6.45, 7) is 1.88. The molecule has 0 heterocycles. The first-order valence-corrected chi connectivity index (χ1v) is 15.8. The van der Waals surface area contributed by atoms with E-state index in [0.717, 1.165) is 0 Å². The molecule has 0 saturated heterocycles. The Kier molecular flexibility index (Phi) is 18.4. The molecule has 0 fully saturated rings. The van der Waals surface area contributed by atoms with E-state index < -0.39 is 35.5 Å². The van der Waals surface area contributed by atoms with Gasteiger partial charge in [0.25, 0.3) is 0 Å². The summed E-state index contributed by atoms with van der Waals surface area (Å²) in [5.41, 5.74) is 0. The predicted molar refractivity (Wildman–Crippen MR) is 122 cm³/mol. The van der Waals surface area contributed by atoms with Crippen molar-refractivity contribution in [2.45, 2.75) is 19.2 Å². The molecule has 1 atom stereocenters. The first kappa shape index (κ1) is 32.9. The molecule has 1 unspecified atom stereocenters. The monoisotopic (exact) mass is 610 g/mol. The van der Waals surface area contributed by atoms with Crippen LogP contribution in [0.3, 0.4) is 0 Å². The zero-order valence-electron chi connectivity index (χ0n) is 16.8. The molecule has 0 aromatic carbocycles. The van der Waals surface area contributed by atoms with Crippen molar-refractivity contribution in [1.82, 2.24) is 0 Å². The molecule has 0 aliphatic carbocycles. The summed E-state index contributed by atoms with van der Waals surface area (Å²) in [5.74, 6) is -0.518. The third-order valence-corrected chi connectivity index (χ3v) is 9.73. The minimum atomic E-state index is -5.00. The molecule has 10 nitrogen and oxygen atoms in total. The molecule has 188 valence electrons. The van der Waals surface area contributed by atoms with Gasteiger partial charge in [0.15, 0.2) is 0 Å². The van der Waals surface area contributed by atoms with Gasteiger partial charge < -0.3 is 0 Å². The molecular weight excluding hydrogens is 586 g/mol. The van der Waals surface area contributed by atoms with Crippen molar-refractivity contribution in [2.24, 2.45) is 5.92 Å². The Morgan fingerprint density at radius 1 is 0.613 bits per heavy atom. The van der Waals surface area contributed by atoms with Crippen LogP contribution in [-0.4, -0.2) is 61.9 Å². The van der Waals surface area contributed by atoms with E-state index in [4.69, 9.17) is 89.2 Å². The van der Waals surface area contributed by atoms with Crippen LogP contribution in [0.2, 0.25) is 0 Å². The van der Waals surface area contributed by atoms with Gasteiger partial charge in [0.2, 0.25) is 0 Å². The Balaban J connectivity index is 5.84. The summed E-state index contributed by atoms with van der Waals surface area (Å²) in [6.07, 6.45) is 0. The molecule has 0 rings (SSSR count). The summed E-state index contributed by atoms with van der Waals surface area (Å²) in [5, 5.41) is -0.667. The van der Waals surface area contributed by atoms with Crippen LogP contribution in [0.15, 0.2) is 0 Å². The zero-order chi connectivity index (χ0) is 24.0. The first-order chi connectivity index (χ1) is 14.5. The largest absolute Gasteiger partial charge is 0.492 e. The number of phosphoric acid groups is 3. The van der Waals surface area contributed by atoms with Crippen LogP contribution in [0.1, 0.15) is 13.8 Å². The van der Waals surface area contributed by atoms with Gasteiger partial charge in [0.1, 0.15) is 0 Å². The Morgan fingerprint density at radius 3 is 1.19 bits per heavy atom. The van der Waals surface area contributed by atoms with Crippen LogP contribution >= 0.6 is 81.5 Å². The van der Waals surface area contributed by atoms with Crippen molar-refractivity contribution in [1.29, 1.82) is 0 Å². The number of phosphoric ester groups is 2. The lowest BCUT2D eigenvalue weighted by atomic mass is 10.1. The van der Waals surface area contributed by atoms with Crippen LogP contribution in [0.25, 0.3) is 0 Å². The van der Waals surface area contributed by atoms with E-state index in [1.807, 2.05) is 0 Å². The number of alkyl halides is 5. The highest BCUT2D eigenvalue weighted by molar-refractivity contribution is 7.67. The average molecular weight is 613 g/mol. The second kappa shape index (κ2) is 17.3. The van der Waals surface area contributed by atoms with E-state index in [0.29, 0.717) is 0 Å². The number of rotatable bonds is 20. The van der Waals surface area contributed by atoms with E-state index in [-0.39, 0.29) is 55.9 Å². The van der Waals surface area contributed by atoms with Crippen LogP contribution in [0.4, 0.5) is 0 Å². The van der Waals surface area contributed by atoms with Gasteiger partial charge in [-0.2, -0.15) is 8.62 Å². The van der Waals surface area contributed by atoms with Crippen molar-refractivity contribution in [2.75, 3.05) is 56.6 Å². The van der Waals surface area contributed by atoms with Crippen molar-refractivity contribution in [3.8, 4) is 0 Å². The fraction of sp³-hybridized carbons (Fsp3) is 1.00. The van der Waals surface area contributed by atoms with Crippen LogP contribution in [0, 0.1) is 5.92 Å². The second-order valence-electron chi connectivity index (χ2n) is 5.65. The number of hydrogen-bond acceptors (Lipinski definition) is 10. The van der Waals surface area contributed by atoms with Gasteiger partial charge >= 0.3 is 23.5 Å². The van der Waals surface area contributed by atoms with Crippen LogP contribution in [0.5, 0.6) is 0 Å². The SMILES string of the molecule is CC(C)C(Cl)COP(=O)(OP(=O)(OCCCl)OCCCl)OP(=O)(OCCCl)OCCCl. The van der Waals surface area contributed by atoms with Gasteiger partial charge in [-0.1, -0.05) is 13.8 Å². The molecule has 0 aromatic heterocycles. The minimum Gasteiger partial charge on any atom is -0.285 e. The predicted octanol–water partition coefficient (Wildman–Crippen LogP) is 6.65. The van der Waals surface area contributed by atoms with Crippen molar-refractivity contribution < 1.29 is 44.9 Å². The molecule has 0 bridgehead atoms. The van der Waals surface area contributed by atoms with Crippen molar-refractivity contribution in [3.05, 3.63) is 0 Å². The Bertz CT molecular complexity index is 565. The molecule has 0 aliphatic heterocycles. The summed E-state index contributed by atoms with van der Waals surface area (Å²) in [4.78, 5) is 0. The fourth-order valence-corrected chi connectivity index (χ4v) is 7.54. The van der Waals surface area contributed by atoms with E-state index in [1.54, 1.807) is 13.8 Å². The molecule has 0 spiro atoms. The summed E-state index contributed by atoms with van der Waals surface area (Å²) >= 11 is 28.2. The highest BCUT2D eigenvalue weighted by Crippen LogP contribution is 2.73. The Hall–Kier alpha value is 1.86. The number of halogens is 5. The Morgan fingerprint density at radius 2 is 0.935 bits per heavy atom. The maximum Gasteiger partial charge on any atom is 0.492 e. The molecule has 0 saturated carbocycles. The molecule has 18 heteroatoms. The summed E-state index contributed by atoms with van der Waals surface area (Å²) in [7, 11) is -14.2. The lowest BCUT2D eigenvalue weighted by Gasteiger charge is -2.26. The molecule has 31 heavy (non-hydrogen) atoms. The lowest BCUT2D eigenvalue weighted by molar-refractivity contribution is 0.114. The normalized spacial score (nSPS) is 14.3. The average Bonchev–Trinajstić information content (AvgIpc) is 2.71. The summed E-state index contributed by atoms with van der Waals surface area (Å²) < 4.78 is 73.9. The zero-order valence-corrected chi connectivity index (χ0v) is 23.3. The molecule has 0 radical (unpaired) electrons. The topological polar surface area (TPSA) is 116 Å². The van der Waals surface area contributed by atoms with E-state index in [9.17, 15) is 13.7 Å². The molecule has 0 aromatic rings. The van der Waals surface area contributed by atoms with Crippen LogP contribution < -0.4 is 0 Å². The highest BCUT2D eigenvalue weighted by atomic mass is 35.5. The van der Waals surface area contributed by atoms with Crippen molar-refractivity contribution >= 4 is 81.5 Å². The number of hydrogen-bond donors (Lipinski definition) is 0. The van der Waals surface area contributed by atoms with Crippen LogP contribution in [-0.2, 0) is 44.9 Å². The van der Waals surface area contributed by atoms with E-state index in [1.165, 1.54) is 0 Å². The second-order valence-corrected chi connectivity index (χ2v) is 13.0. The standard InChI is InChI=1S/C13H26Cl5O10P3/c1-12(2)13(18)11-26-31(21,27-29(19,22-7-3-14)23-8-4-15)28-30(20,24-9-5-16)25-10-6-17/h12-13H,3-11H2,1-2H3. The maximum atomic E-state index is 13.3. The van der Waals surface area contributed by atoms with Gasteiger partial charge in [-0.05, 0) is 5.92 Å². The molecular formula is C13H26Cl5O10P3. The lowest BCUT2D eigenvalue weighted by Crippen LogP contribution is -2.16. The van der Waals surface area contributed by atoms with Gasteiger partial charge in [0.05, 0.1) is 38.4 Å². The van der Waals surface area contributed by atoms with Gasteiger partial charge in [0, 0.05) is 23.5 Å². The van der Waals surface area contributed by atoms with Gasteiger partial charge in [-0.25, -0.2) is 13.7 Å². The van der Waals surface area contributed by atoms with Crippen molar-refractivity contribution in [3.63, 3.8) is 0 Å². The first-order valence-electron chi connectivity index (χ1n) is 8.82. The van der Waals surface area contributed by atoms with E-state index >= 15 is 0 Å². The third kappa shape index (κ3) is 14.8. The summed E-state index contributed by atoms with van der Waals surface area (Å²) in [6, 6.07) is 0.